The summed E-state index contributed by atoms with van der Waals surface area (Å²) in [6.45, 7) is 1.43. The van der Waals surface area contributed by atoms with E-state index in [1.807, 2.05) is 0 Å². The Bertz CT molecular complexity index is 1040. The molecule has 0 spiro atoms. The zero-order chi connectivity index (χ0) is 23.4. The molecular weight excluding hydrogens is 457 g/mol. The van der Waals surface area contributed by atoms with E-state index in [1.54, 1.807) is 6.92 Å². The molecule has 0 saturated heterocycles. The molecule has 0 heterocycles. The Balaban J connectivity index is 2.28. The Labute approximate surface area is 184 Å². The van der Waals surface area contributed by atoms with E-state index in [1.165, 1.54) is 37.4 Å². The van der Waals surface area contributed by atoms with Gasteiger partial charge in [0.15, 0.2) is 0 Å². The van der Waals surface area contributed by atoms with Crippen molar-refractivity contribution in [2.45, 2.75) is 32.1 Å². The predicted octanol–water partition coefficient (Wildman–Crippen LogP) is 4.23. The molecule has 1 amide bonds. The molecule has 31 heavy (non-hydrogen) atoms. The van der Waals surface area contributed by atoms with Crippen molar-refractivity contribution >= 4 is 33.2 Å². The van der Waals surface area contributed by atoms with Crippen LogP contribution in [0.5, 0.6) is 5.75 Å². The molecule has 2 aromatic rings. The van der Waals surface area contributed by atoms with Crippen LogP contribution < -0.4 is 14.4 Å². The Kier molecular flexibility index (Phi) is 7.82. The standard InChI is InChI=1S/C20H22ClF3N2O4S/c1-4-17(19(27)25-12-13-6-5-7-14(10-13)20(22,23)24)26(31(3,28)29)15-8-9-18(30-2)16(21)11-15/h5-11,17H,4,12H2,1-3H3,(H,25,27)/t17-/m1/s1. The molecular formula is C20H22ClF3N2O4S. The molecule has 0 aromatic heterocycles. The topological polar surface area (TPSA) is 75.7 Å². The largest absolute Gasteiger partial charge is 0.495 e. The van der Waals surface area contributed by atoms with Crippen molar-refractivity contribution in [1.29, 1.82) is 0 Å². The normalized spacial score (nSPS) is 12.9. The number of nitrogens with zero attached hydrogens (tertiary/aromatic N) is 1. The monoisotopic (exact) mass is 478 g/mol. The molecule has 0 aliphatic rings. The number of methoxy groups -OCH3 is 1. The Morgan fingerprint density at radius 1 is 1.23 bits per heavy atom. The number of benzene rings is 2. The second-order valence-electron chi connectivity index (χ2n) is 6.72. The molecule has 11 heteroatoms. The third-order valence-corrected chi connectivity index (χ3v) is 5.92. The predicted molar refractivity (Wildman–Crippen MR) is 113 cm³/mol. The quantitative estimate of drug-likeness (QED) is 0.616. The van der Waals surface area contributed by atoms with Gasteiger partial charge in [-0.05, 0) is 42.3 Å². The number of hydrogen-bond acceptors (Lipinski definition) is 4. The van der Waals surface area contributed by atoms with Gasteiger partial charge in [0.1, 0.15) is 11.8 Å². The molecule has 0 bridgehead atoms. The molecule has 0 unspecified atom stereocenters. The number of carbonyl (C=O) groups is 1. The lowest BCUT2D eigenvalue weighted by molar-refractivity contribution is -0.137. The Morgan fingerprint density at radius 3 is 2.42 bits per heavy atom. The van der Waals surface area contributed by atoms with Crippen molar-refractivity contribution in [2.75, 3.05) is 17.7 Å². The minimum absolute atomic E-state index is 0.116. The van der Waals surface area contributed by atoms with Gasteiger partial charge in [-0.2, -0.15) is 13.2 Å². The van der Waals surface area contributed by atoms with Crippen LogP contribution >= 0.6 is 11.6 Å². The molecule has 0 radical (unpaired) electrons. The average molecular weight is 479 g/mol. The van der Waals surface area contributed by atoms with E-state index in [-0.39, 0.29) is 29.2 Å². The van der Waals surface area contributed by atoms with Crippen LogP contribution in [0.15, 0.2) is 42.5 Å². The van der Waals surface area contributed by atoms with Gasteiger partial charge in [-0.25, -0.2) is 8.42 Å². The first-order valence-electron chi connectivity index (χ1n) is 9.15. The van der Waals surface area contributed by atoms with Crippen LogP contribution in [0.25, 0.3) is 0 Å². The molecule has 170 valence electrons. The fourth-order valence-corrected chi connectivity index (χ4v) is 4.47. The van der Waals surface area contributed by atoms with E-state index < -0.39 is 33.7 Å². The first-order valence-corrected chi connectivity index (χ1v) is 11.4. The number of rotatable bonds is 8. The lowest BCUT2D eigenvalue weighted by Gasteiger charge is -2.30. The first kappa shape index (κ1) is 24.8. The maximum Gasteiger partial charge on any atom is 0.416 e. The second kappa shape index (κ2) is 9.78. The van der Waals surface area contributed by atoms with Crippen LogP contribution in [0.1, 0.15) is 24.5 Å². The van der Waals surface area contributed by atoms with Crippen molar-refractivity contribution in [3.05, 3.63) is 58.6 Å². The summed E-state index contributed by atoms with van der Waals surface area (Å²) < 4.78 is 69.6. The summed E-state index contributed by atoms with van der Waals surface area (Å²) in [4.78, 5) is 12.8. The van der Waals surface area contributed by atoms with Crippen LogP contribution in [0.4, 0.5) is 18.9 Å². The van der Waals surface area contributed by atoms with Gasteiger partial charge in [0.2, 0.25) is 15.9 Å². The van der Waals surface area contributed by atoms with Crippen molar-refractivity contribution in [3.63, 3.8) is 0 Å². The highest BCUT2D eigenvalue weighted by atomic mass is 35.5. The highest BCUT2D eigenvalue weighted by molar-refractivity contribution is 7.92. The number of ether oxygens (including phenoxy) is 1. The zero-order valence-corrected chi connectivity index (χ0v) is 18.6. The third-order valence-electron chi connectivity index (χ3n) is 4.44. The number of nitrogens with one attached hydrogen (secondary N) is 1. The maximum absolute atomic E-state index is 12.9. The van der Waals surface area contributed by atoms with E-state index in [0.29, 0.717) is 5.75 Å². The number of carbonyl (C=O) groups excluding carboxylic acids is 1. The number of halogens is 4. The van der Waals surface area contributed by atoms with E-state index in [9.17, 15) is 26.4 Å². The smallest absolute Gasteiger partial charge is 0.416 e. The van der Waals surface area contributed by atoms with Crippen LogP contribution in [-0.4, -0.2) is 33.7 Å². The molecule has 2 aromatic carbocycles. The summed E-state index contributed by atoms with van der Waals surface area (Å²) in [5.41, 5.74) is -0.442. The van der Waals surface area contributed by atoms with Crippen LogP contribution in [0.2, 0.25) is 5.02 Å². The second-order valence-corrected chi connectivity index (χ2v) is 8.98. The van der Waals surface area contributed by atoms with Gasteiger partial charge in [0.05, 0.1) is 29.6 Å². The summed E-state index contributed by atoms with van der Waals surface area (Å²) >= 11 is 6.11. The van der Waals surface area contributed by atoms with Crippen molar-refractivity contribution < 1.29 is 31.1 Å². The van der Waals surface area contributed by atoms with Crippen LogP contribution in [0, 0.1) is 0 Å². The summed E-state index contributed by atoms with van der Waals surface area (Å²) in [6, 6.07) is 7.70. The van der Waals surface area contributed by atoms with E-state index in [0.717, 1.165) is 22.7 Å². The van der Waals surface area contributed by atoms with Gasteiger partial charge in [0, 0.05) is 6.54 Å². The first-order chi connectivity index (χ1) is 14.4. The van der Waals surface area contributed by atoms with E-state index in [4.69, 9.17) is 16.3 Å². The number of alkyl halides is 3. The zero-order valence-electron chi connectivity index (χ0n) is 17.0. The van der Waals surface area contributed by atoms with Crippen LogP contribution in [-0.2, 0) is 27.5 Å². The average Bonchev–Trinajstić information content (AvgIpc) is 2.68. The fourth-order valence-electron chi connectivity index (χ4n) is 3.02. The molecule has 1 N–H and O–H groups in total. The lowest BCUT2D eigenvalue weighted by Crippen LogP contribution is -2.49. The molecule has 0 saturated carbocycles. The number of sulfonamides is 1. The number of hydrogen-bond donors (Lipinski definition) is 1. The Hall–Kier alpha value is -2.46. The van der Waals surface area contributed by atoms with Crippen molar-refractivity contribution in [1.82, 2.24) is 5.32 Å². The lowest BCUT2D eigenvalue weighted by atomic mass is 10.1. The third kappa shape index (κ3) is 6.27. The van der Waals surface area contributed by atoms with Gasteiger partial charge in [-0.15, -0.1) is 0 Å². The Morgan fingerprint density at radius 2 is 1.90 bits per heavy atom. The molecule has 0 aliphatic heterocycles. The molecule has 0 aliphatic carbocycles. The number of anilines is 1. The molecule has 6 nitrogen and oxygen atoms in total. The van der Waals surface area contributed by atoms with Gasteiger partial charge in [0.25, 0.3) is 0 Å². The van der Waals surface area contributed by atoms with Crippen molar-refractivity contribution in [2.24, 2.45) is 0 Å². The number of amides is 1. The summed E-state index contributed by atoms with van der Waals surface area (Å²) in [6.07, 6.45) is -3.44. The highest BCUT2D eigenvalue weighted by Crippen LogP contribution is 2.32. The van der Waals surface area contributed by atoms with Crippen molar-refractivity contribution in [3.8, 4) is 5.75 Å². The minimum atomic E-state index is -4.51. The SMILES string of the molecule is CC[C@H](C(=O)NCc1cccc(C(F)(F)F)c1)N(c1ccc(OC)c(Cl)c1)S(C)(=O)=O. The van der Waals surface area contributed by atoms with E-state index in [2.05, 4.69) is 5.32 Å². The fraction of sp³-hybridized carbons (Fsp3) is 0.350. The van der Waals surface area contributed by atoms with E-state index >= 15 is 0 Å². The summed E-state index contributed by atoms with van der Waals surface area (Å²) in [5.74, 6) is -0.321. The van der Waals surface area contributed by atoms with Gasteiger partial charge < -0.3 is 10.1 Å². The maximum atomic E-state index is 12.9. The summed E-state index contributed by atoms with van der Waals surface area (Å²) in [7, 11) is -2.49. The van der Waals surface area contributed by atoms with Gasteiger partial charge in [-0.3, -0.25) is 9.10 Å². The molecule has 0 fully saturated rings. The molecule has 1 atom stereocenters. The van der Waals surface area contributed by atoms with Gasteiger partial charge >= 0.3 is 6.18 Å². The summed E-state index contributed by atoms with van der Waals surface area (Å²) in [5, 5.41) is 2.68. The van der Waals surface area contributed by atoms with Gasteiger partial charge in [-0.1, -0.05) is 30.7 Å². The van der Waals surface area contributed by atoms with Crippen LogP contribution in [0.3, 0.4) is 0 Å². The highest BCUT2D eigenvalue weighted by Gasteiger charge is 2.32. The molecule has 2 rings (SSSR count). The minimum Gasteiger partial charge on any atom is -0.495 e.